The van der Waals surface area contributed by atoms with Crippen LogP contribution in [-0.2, 0) is 17.6 Å². The molecule has 1 fully saturated rings. The van der Waals surface area contributed by atoms with Crippen molar-refractivity contribution in [2.45, 2.75) is 58.4 Å². The molecule has 0 spiro atoms. The fourth-order valence-corrected chi connectivity index (χ4v) is 5.69. The highest BCUT2D eigenvalue weighted by Gasteiger charge is 2.26. The molecular weight excluding hydrogens is 492 g/mol. The van der Waals surface area contributed by atoms with Crippen LogP contribution in [0.1, 0.15) is 58.7 Å². The lowest BCUT2D eigenvalue weighted by Gasteiger charge is -2.20. The van der Waals surface area contributed by atoms with Crippen molar-refractivity contribution in [2.75, 3.05) is 31.5 Å². The predicted molar refractivity (Wildman–Crippen MR) is 150 cm³/mol. The fraction of sp³-hybridized carbons (Fsp3) is 0.467. The smallest absolute Gasteiger partial charge is 0.326 e. The summed E-state index contributed by atoms with van der Waals surface area (Å²) in [5.41, 5.74) is 5.49. The van der Waals surface area contributed by atoms with E-state index in [4.69, 9.17) is 4.98 Å². The molecule has 0 bridgehead atoms. The van der Waals surface area contributed by atoms with E-state index < -0.39 is 17.9 Å². The van der Waals surface area contributed by atoms with Crippen LogP contribution in [0.2, 0.25) is 0 Å². The van der Waals surface area contributed by atoms with Gasteiger partial charge in [0.2, 0.25) is 0 Å². The third-order valence-corrected chi connectivity index (χ3v) is 7.83. The van der Waals surface area contributed by atoms with Gasteiger partial charge in [-0.15, -0.1) is 0 Å². The third-order valence-electron chi connectivity index (χ3n) is 7.83. The fourth-order valence-electron chi connectivity index (χ4n) is 5.69. The molecule has 206 valence electrons. The number of nitrogens with one attached hydrogen (secondary N) is 2. The van der Waals surface area contributed by atoms with E-state index in [1.807, 2.05) is 26.0 Å². The number of hydrogen-bond acceptors (Lipinski definition) is 6. The summed E-state index contributed by atoms with van der Waals surface area (Å²) in [4.78, 5) is 32.1. The van der Waals surface area contributed by atoms with Crippen LogP contribution in [0.25, 0.3) is 5.69 Å². The number of aromatic nitrogens is 3. The molecule has 1 amide bonds. The van der Waals surface area contributed by atoms with E-state index in [2.05, 4.69) is 32.8 Å². The molecular formula is C30H38N6O3. The Balaban J connectivity index is 1.11. The van der Waals surface area contributed by atoms with E-state index >= 15 is 0 Å². The van der Waals surface area contributed by atoms with E-state index in [0.717, 1.165) is 80.3 Å². The molecule has 0 radical (unpaired) electrons. The Hall–Kier alpha value is -3.72. The molecule has 2 aromatic heterocycles. The van der Waals surface area contributed by atoms with Crippen LogP contribution in [0.15, 0.2) is 42.5 Å². The number of nitrogens with zero attached hydrogens (tertiary/aromatic N) is 4. The van der Waals surface area contributed by atoms with E-state index in [1.165, 1.54) is 5.56 Å². The van der Waals surface area contributed by atoms with Crippen molar-refractivity contribution in [1.29, 1.82) is 0 Å². The first-order valence-corrected chi connectivity index (χ1v) is 14.0. The molecule has 2 aliphatic rings. The molecule has 3 N–H and O–H groups in total. The summed E-state index contributed by atoms with van der Waals surface area (Å²) in [6.07, 6.45) is 5.76. The number of fused-ring (bicyclic) bond motifs is 1. The number of likely N-dealkylation sites (tertiary alicyclic amines) is 1. The summed E-state index contributed by atoms with van der Waals surface area (Å²) in [7, 11) is 0. The molecule has 9 nitrogen and oxygen atoms in total. The van der Waals surface area contributed by atoms with Gasteiger partial charge in [-0.05, 0) is 101 Å². The zero-order valence-corrected chi connectivity index (χ0v) is 22.8. The number of aliphatic carboxylic acids is 1. The second-order valence-electron chi connectivity index (χ2n) is 10.9. The van der Waals surface area contributed by atoms with Crippen LogP contribution in [0.5, 0.6) is 0 Å². The summed E-state index contributed by atoms with van der Waals surface area (Å²) in [6, 6.07) is 12.5. The highest BCUT2D eigenvalue weighted by atomic mass is 16.4. The number of benzene rings is 1. The average Bonchev–Trinajstić information content (AvgIpc) is 3.54. The number of carbonyl (C=O) groups is 2. The number of hydrogen-bond donors (Lipinski definition) is 3. The van der Waals surface area contributed by atoms with Gasteiger partial charge in [0.1, 0.15) is 11.9 Å². The van der Waals surface area contributed by atoms with Gasteiger partial charge in [0.25, 0.3) is 5.91 Å². The van der Waals surface area contributed by atoms with Crippen molar-refractivity contribution >= 4 is 17.7 Å². The third kappa shape index (κ3) is 6.65. The summed E-state index contributed by atoms with van der Waals surface area (Å²) >= 11 is 0. The molecule has 3 aromatic rings. The minimum atomic E-state index is -1.01. The second kappa shape index (κ2) is 12.0. The number of carboxylic acids is 1. The molecule has 9 heteroatoms. The van der Waals surface area contributed by atoms with Crippen molar-refractivity contribution in [2.24, 2.45) is 5.92 Å². The van der Waals surface area contributed by atoms with Crippen LogP contribution < -0.4 is 10.6 Å². The first-order chi connectivity index (χ1) is 18.9. The van der Waals surface area contributed by atoms with Gasteiger partial charge in [-0.1, -0.05) is 12.1 Å². The first-order valence-electron chi connectivity index (χ1n) is 14.0. The summed E-state index contributed by atoms with van der Waals surface area (Å²) in [5.74, 6) is 0.218. The Morgan fingerprint density at radius 2 is 2.08 bits per heavy atom. The van der Waals surface area contributed by atoms with Gasteiger partial charge in [-0.3, -0.25) is 4.79 Å². The zero-order chi connectivity index (χ0) is 27.4. The number of carboxylic acid groups (broad SMARTS) is 1. The van der Waals surface area contributed by atoms with Crippen LogP contribution >= 0.6 is 0 Å². The minimum Gasteiger partial charge on any atom is -0.480 e. The van der Waals surface area contributed by atoms with Gasteiger partial charge in [-0.25, -0.2) is 14.5 Å². The maximum absolute atomic E-state index is 13.0. The monoisotopic (exact) mass is 530 g/mol. The number of pyridine rings is 1. The minimum absolute atomic E-state index is 0.364. The normalized spacial score (nSPS) is 17.8. The quantitative estimate of drug-likeness (QED) is 0.366. The largest absolute Gasteiger partial charge is 0.480 e. The van der Waals surface area contributed by atoms with E-state index in [9.17, 15) is 14.7 Å². The van der Waals surface area contributed by atoms with Crippen molar-refractivity contribution in [3.8, 4) is 5.69 Å². The number of carbonyl (C=O) groups excluding carboxylic acids is 1. The van der Waals surface area contributed by atoms with Crippen molar-refractivity contribution in [3.63, 3.8) is 0 Å². The molecule has 0 saturated carbocycles. The number of amides is 1. The summed E-state index contributed by atoms with van der Waals surface area (Å²) < 4.78 is 1.78. The maximum Gasteiger partial charge on any atom is 0.326 e. The second-order valence-corrected chi connectivity index (χ2v) is 10.9. The molecule has 2 aliphatic heterocycles. The lowest BCUT2D eigenvalue weighted by Crippen LogP contribution is -2.43. The highest BCUT2D eigenvalue weighted by molar-refractivity contribution is 5.97. The van der Waals surface area contributed by atoms with E-state index in [-0.39, 0.29) is 0 Å². The van der Waals surface area contributed by atoms with Crippen LogP contribution in [0.4, 0.5) is 5.82 Å². The van der Waals surface area contributed by atoms with Crippen molar-refractivity contribution in [1.82, 2.24) is 25.0 Å². The number of aryl methyl sites for hydroxylation is 4. The zero-order valence-electron chi connectivity index (χ0n) is 22.8. The molecule has 0 aliphatic carbocycles. The average molecular weight is 531 g/mol. The van der Waals surface area contributed by atoms with E-state index in [1.54, 1.807) is 22.9 Å². The SMILES string of the molecule is Cc1cc(C)n(-c2cccc(C(=O)NC(CCN3CCC(CCc4ccc5c(n4)NCCC5)C3)C(=O)O)c2)n1. The molecule has 1 aromatic carbocycles. The van der Waals surface area contributed by atoms with Gasteiger partial charge in [0, 0.05) is 36.6 Å². The summed E-state index contributed by atoms with van der Waals surface area (Å²) in [5, 5.41) is 20.4. The van der Waals surface area contributed by atoms with Gasteiger partial charge in [0.15, 0.2) is 0 Å². The van der Waals surface area contributed by atoms with Gasteiger partial charge >= 0.3 is 5.97 Å². The predicted octanol–water partition coefficient (Wildman–Crippen LogP) is 3.77. The lowest BCUT2D eigenvalue weighted by atomic mass is 10.00. The van der Waals surface area contributed by atoms with E-state index in [0.29, 0.717) is 24.4 Å². The van der Waals surface area contributed by atoms with Gasteiger partial charge in [0.05, 0.1) is 11.4 Å². The van der Waals surface area contributed by atoms with Crippen LogP contribution in [0.3, 0.4) is 0 Å². The molecule has 2 atom stereocenters. The first kappa shape index (κ1) is 26.9. The van der Waals surface area contributed by atoms with Crippen molar-refractivity contribution in [3.05, 3.63) is 70.7 Å². The van der Waals surface area contributed by atoms with Gasteiger partial charge in [-0.2, -0.15) is 5.10 Å². The molecule has 1 saturated heterocycles. The number of anilines is 1. The Morgan fingerprint density at radius 3 is 2.87 bits per heavy atom. The standard InChI is InChI=1S/C30H38N6O3/c1-20-17-21(2)36(34-20)26-7-3-5-24(18-26)29(37)33-27(30(38)39)13-16-35-15-12-22(19-35)8-10-25-11-9-23-6-4-14-31-28(23)32-25/h3,5,7,9,11,17-18,22,27H,4,6,8,10,12-16,19H2,1-2H3,(H,31,32)(H,33,37)(H,38,39). The Bertz CT molecular complexity index is 1340. The van der Waals surface area contributed by atoms with Crippen LogP contribution in [0, 0.1) is 19.8 Å². The van der Waals surface area contributed by atoms with Crippen molar-refractivity contribution < 1.29 is 14.7 Å². The Kier molecular flexibility index (Phi) is 8.26. The molecule has 4 heterocycles. The lowest BCUT2D eigenvalue weighted by molar-refractivity contribution is -0.139. The molecule has 2 unspecified atom stereocenters. The number of rotatable bonds is 10. The maximum atomic E-state index is 13.0. The summed E-state index contributed by atoms with van der Waals surface area (Å²) in [6.45, 7) is 7.42. The molecule has 5 rings (SSSR count). The Labute approximate surface area is 229 Å². The Morgan fingerprint density at radius 1 is 1.21 bits per heavy atom. The molecule has 39 heavy (non-hydrogen) atoms. The van der Waals surface area contributed by atoms with Crippen LogP contribution in [-0.4, -0.2) is 68.9 Å². The highest BCUT2D eigenvalue weighted by Crippen LogP contribution is 2.24. The topological polar surface area (TPSA) is 112 Å². The van der Waals surface area contributed by atoms with Gasteiger partial charge < -0.3 is 20.6 Å².